The summed E-state index contributed by atoms with van der Waals surface area (Å²) in [6.45, 7) is 0.856. The lowest BCUT2D eigenvalue weighted by Crippen LogP contribution is -2.21. The zero-order valence-electron chi connectivity index (χ0n) is 8.67. The summed E-state index contributed by atoms with van der Waals surface area (Å²) in [7, 11) is 0. The lowest BCUT2D eigenvalue weighted by atomic mass is 10.1. The summed E-state index contributed by atoms with van der Waals surface area (Å²) in [6, 6.07) is 0. The molecule has 0 aliphatic rings. The van der Waals surface area contributed by atoms with Crippen LogP contribution in [-0.2, 0) is 0 Å². The molecule has 4 nitrogen and oxygen atoms in total. The molecule has 0 aromatic carbocycles. The van der Waals surface area contributed by atoms with Gasteiger partial charge in [-0.15, -0.1) is 0 Å². The Bertz CT molecular complexity index is 139. The van der Waals surface area contributed by atoms with Crippen LogP contribution in [0, 0.1) is 0 Å². The van der Waals surface area contributed by atoms with Crippen molar-refractivity contribution in [2.45, 2.75) is 44.9 Å². The molecule has 0 spiro atoms. The molecule has 0 aliphatic heterocycles. The van der Waals surface area contributed by atoms with Gasteiger partial charge in [-0.1, -0.05) is 32.1 Å². The van der Waals surface area contributed by atoms with E-state index in [0.717, 1.165) is 32.1 Å². The summed E-state index contributed by atoms with van der Waals surface area (Å²) in [5, 5.41) is 19.1. The van der Waals surface area contributed by atoms with Crippen LogP contribution < -0.4 is 5.32 Å². The third-order valence-electron chi connectivity index (χ3n) is 2.11. The van der Waals surface area contributed by atoms with Crippen LogP contribution in [0.25, 0.3) is 0 Å². The molecule has 0 rings (SSSR count). The standard InChI is InChI=1S/C10H21NO3/c12-9-7-5-3-1-2-4-6-8-11-10(13)14/h11-12H,1-9H2,(H,13,14). The first-order valence-electron chi connectivity index (χ1n) is 5.35. The number of hydrogen-bond donors (Lipinski definition) is 3. The Kier molecular flexibility index (Phi) is 9.74. The molecule has 0 aliphatic carbocycles. The highest BCUT2D eigenvalue weighted by molar-refractivity contribution is 5.64. The van der Waals surface area contributed by atoms with Crippen molar-refractivity contribution in [2.75, 3.05) is 13.2 Å². The summed E-state index contributed by atoms with van der Waals surface area (Å²) in [5.41, 5.74) is 0. The Balaban J connectivity index is 2.88. The monoisotopic (exact) mass is 203 g/mol. The zero-order valence-corrected chi connectivity index (χ0v) is 8.67. The molecule has 0 bridgehead atoms. The molecule has 0 fully saturated rings. The van der Waals surface area contributed by atoms with Crippen molar-refractivity contribution in [3.05, 3.63) is 0 Å². The summed E-state index contributed by atoms with van der Waals surface area (Å²) in [6.07, 6.45) is 6.59. The molecular weight excluding hydrogens is 182 g/mol. The maximum Gasteiger partial charge on any atom is 0.404 e. The molecule has 4 heteroatoms. The number of rotatable bonds is 9. The Morgan fingerprint density at radius 3 is 1.93 bits per heavy atom. The Hall–Kier alpha value is -0.770. The minimum atomic E-state index is -0.937. The molecule has 84 valence electrons. The van der Waals surface area contributed by atoms with Crippen molar-refractivity contribution >= 4 is 6.09 Å². The van der Waals surface area contributed by atoms with E-state index in [1.54, 1.807) is 0 Å². The van der Waals surface area contributed by atoms with Crippen LogP contribution in [-0.4, -0.2) is 29.5 Å². The van der Waals surface area contributed by atoms with E-state index in [9.17, 15) is 4.79 Å². The minimum absolute atomic E-state index is 0.294. The number of carboxylic acid groups (broad SMARTS) is 1. The summed E-state index contributed by atoms with van der Waals surface area (Å²) >= 11 is 0. The van der Waals surface area contributed by atoms with Crippen LogP contribution in [0.4, 0.5) is 4.79 Å². The van der Waals surface area contributed by atoms with Gasteiger partial charge < -0.3 is 15.5 Å². The van der Waals surface area contributed by atoms with Crippen molar-refractivity contribution in [3.63, 3.8) is 0 Å². The molecule has 0 saturated carbocycles. The van der Waals surface area contributed by atoms with E-state index >= 15 is 0 Å². The number of aliphatic hydroxyl groups excluding tert-OH is 1. The quantitative estimate of drug-likeness (QED) is 0.502. The van der Waals surface area contributed by atoms with Gasteiger partial charge in [0.15, 0.2) is 0 Å². The second-order valence-corrected chi connectivity index (χ2v) is 3.43. The van der Waals surface area contributed by atoms with Crippen LogP contribution >= 0.6 is 0 Å². The SMILES string of the molecule is O=C(O)NCCCCCCCCCO. The predicted octanol–water partition coefficient (Wildman–Crippen LogP) is 1.98. The molecule has 3 N–H and O–H groups in total. The van der Waals surface area contributed by atoms with Gasteiger partial charge in [0.05, 0.1) is 0 Å². The first kappa shape index (κ1) is 13.2. The summed E-state index contributed by atoms with van der Waals surface area (Å²) < 4.78 is 0. The molecule has 0 aromatic heterocycles. The fourth-order valence-electron chi connectivity index (χ4n) is 1.32. The van der Waals surface area contributed by atoms with E-state index in [-0.39, 0.29) is 0 Å². The predicted molar refractivity (Wildman–Crippen MR) is 55.4 cm³/mol. The Labute approximate surface area is 85.3 Å². The van der Waals surface area contributed by atoms with Gasteiger partial charge in [-0.25, -0.2) is 4.79 Å². The highest BCUT2D eigenvalue weighted by Crippen LogP contribution is 2.06. The van der Waals surface area contributed by atoms with Gasteiger partial charge in [0.1, 0.15) is 0 Å². The lowest BCUT2D eigenvalue weighted by Gasteiger charge is -2.01. The molecule has 0 unspecified atom stereocenters. The van der Waals surface area contributed by atoms with E-state index in [4.69, 9.17) is 10.2 Å². The molecule has 0 heterocycles. The number of nitrogens with one attached hydrogen (secondary N) is 1. The fourth-order valence-corrected chi connectivity index (χ4v) is 1.32. The lowest BCUT2D eigenvalue weighted by molar-refractivity contribution is 0.194. The van der Waals surface area contributed by atoms with E-state index in [2.05, 4.69) is 5.32 Å². The van der Waals surface area contributed by atoms with E-state index in [1.807, 2.05) is 0 Å². The topological polar surface area (TPSA) is 69.6 Å². The molecule has 0 atom stereocenters. The van der Waals surface area contributed by atoms with Crippen molar-refractivity contribution in [2.24, 2.45) is 0 Å². The van der Waals surface area contributed by atoms with Gasteiger partial charge in [0.2, 0.25) is 0 Å². The molecule has 14 heavy (non-hydrogen) atoms. The average molecular weight is 203 g/mol. The second-order valence-electron chi connectivity index (χ2n) is 3.43. The van der Waals surface area contributed by atoms with Gasteiger partial charge >= 0.3 is 6.09 Å². The Morgan fingerprint density at radius 1 is 0.929 bits per heavy atom. The number of carbonyl (C=O) groups is 1. The second kappa shape index (κ2) is 10.3. The third-order valence-corrected chi connectivity index (χ3v) is 2.11. The van der Waals surface area contributed by atoms with Gasteiger partial charge in [0, 0.05) is 13.2 Å². The maximum absolute atomic E-state index is 10.1. The van der Waals surface area contributed by atoms with E-state index in [1.165, 1.54) is 12.8 Å². The van der Waals surface area contributed by atoms with Gasteiger partial charge in [-0.2, -0.15) is 0 Å². The van der Waals surface area contributed by atoms with Crippen LogP contribution in [0.5, 0.6) is 0 Å². The zero-order chi connectivity index (χ0) is 10.6. The summed E-state index contributed by atoms with van der Waals surface area (Å²) in [5.74, 6) is 0. The smallest absolute Gasteiger partial charge is 0.404 e. The fraction of sp³-hybridized carbons (Fsp3) is 0.900. The minimum Gasteiger partial charge on any atom is -0.465 e. The molecule has 0 radical (unpaired) electrons. The molecule has 0 aromatic rings. The highest BCUT2D eigenvalue weighted by atomic mass is 16.4. The normalized spacial score (nSPS) is 10.1. The van der Waals surface area contributed by atoms with Gasteiger partial charge in [0.25, 0.3) is 0 Å². The molecule has 0 saturated heterocycles. The highest BCUT2D eigenvalue weighted by Gasteiger charge is 1.94. The van der Waals surface area contributed by atoms with Crippen molar-refractivity contribution in [3.8, 4) is 0 Å². The van der Waals surface area contributed by atoms with Crippen LogP contribution in [0.1, 0.15) is 44.9 Å². The molecule has 1 amide bonds. The molecular formula is C10H21NO3. The van der Waals surface area contributed by atoms with E-state index < -0.39 is 6.09 Å². The van der Waals surface area contributed by atoms with Crippen molar-refractivity contribution < 1.29 is 15.0 Å². The largest absolute Gasteiger partial charge is 0.465 e. The average Bonchev–Trinajstić information content (AvgIpc) is 2.15. The first-order valence-corrected chi connectivity index (χ1v) is 5.35. The van der Waals surface area contributed by atoms with E-state index in [0.29, 0.717) is 13.2 Å². The van der Waals surface area contributed by atoms with Crippen molar-refractivity contribution in [1.29, 1.82) is 0 Å². The maximum atomic E-state index is 10.1. The van der Waals surface area contributed by atoms with Crippen LogP contribution in [0.3, 0.4) is 0 Å². The number of unbranched alkanes of at least 4 members (excludes halogenated alkanes) is 6. The Morgan fingerprint density at radius 2 is 1.43 bits per heavy atom. The van der Waals surface area contributed by atoms with Crippen molar-refractivity contribution in [1.82, 2.24) is 5.32 Å². The van der Waals surface area contributed by atoms with Gasteiger partial charge in [-0.3, -0.25) is 0 Å². The number of aliphatic hydroxyl groups is 1. The summed E-state index contributed by atoms with van der Waals surface area (Å²) in [4.78, 5) is 10.1. The van der Waals surface area contributed by atoms with Gasteiger partial charge in [-0.05, 0) is 12.8 Å². The number of hydrogen-bond acceptors (Lipinski definition) is 2. The van der Waals surface area contributed by atoms with Crippen LogP contribution in [0.2, 0.25) is 0 Å². The first-order chi connectivity index (χ1) is 6.77. The number of amides is 1. The third kappa shape index (κ3) is 11.2. The van der Waals surface area contributed by atoms with Crippen LogP contribution in [0.15, 0.2) is 0 Å².